The van der Waals surface area contributed by atoms with Crippen LogP contribution in [-0.2, 0) is 0 Å². The Morgan fingerprint density at radius 3 is 1.37 bits per heavy atom. The van der Waals surface area contributed by atoms with Gasteiger partial charge in [-0.25, -0.2) is 24.9 Å². The molecule has 312 valence electrons. The molecule has 0 aliphatic rings. The molecule has 6 nitrogen and oxygen atoms in total. The first-order valence-electron chi connectivity index (χ1n) is 22.4. The lowest BCUT2D eigenvalue weighted by Crippen LogP contribution is -2.01. The van der Waals surface area contributed by atoms with Crippen molar-refractivity contribution in [3.8, 4) is 79.2 Å². The zero-order chi connectivity index (χ0) is 44.3. The van der Waals surface area contributed by atoms with Crippen molar-refractivity contribution in [2.24, 2.45) is 0 Å². The topological polar surface area (TPSA) is 77.6 Å². The molecule has 3 heterocycles. The van der Waals surface area contributed by atoms with E-state index in [1.54, 1.807) is 0 Å². The summed E-state index contributed by atoms with van der Waals surface area (Å²) >= 11 is 0. The predicted octanol–water partition coefficient (Wildman–Crippen LogP) is 15.7. The number of benzene rings is 10. The summed E-state index contributed by atoms with van der Waals surface area (Å²) in [5.41, 5.74) is 11.0. The van der Waals surface area contributed by atoms with E-state index in [-0.39, 0.29) is 0 Å². The molecule has 10 aromatic carbocycles. The summed E-state index contributed by atoms with van der Waals surface area (Å²) in [5, 5.41) is 8.94. The molecule has 0 radical (unpaired) electrons. The molecule has 0 aliphatic carbocycles. The molecule has 0 N–H and O–H groups in total. The van der Waals surface area contributed by atoms with Crippen molar-refractivity contribution >= 4 is 54.3 Å². The van der Waals surface area contributed by atoms with Gasteiger partial charge in [0.25, 0.3) is 0 Å². The van der Waals surface area contributed by atoms with Crippen LogP contribution in [0.25, 0.3) is 133 Å². The molecule has 0 amide bonds. The molecule has 0 bridgehead atoms. The third-order valence-corrected chi connectivity index (χ3v) is 12.7. The van der Waals surface area contributed by atoms with E-state index in [0.717, 1.165) is 105 Å². The Morgan fingerprint density at radius 2 is 0.701 bits per heavy atom. The molecule has 13 rings (SSSR count). The number of fused-ring (bicyclic) bond motifs is 6. The van der Waals surface area contributed by atoms with Crippen LogP contribution >= 0.6 is 0 Å². The number of nitrogens with zero attached hydrogens (tertiary/aromatic N) is 5. The van der Waals surface area contributed by atoms with E-state index in [0.29, 0.717) is 23.3 Å². The Morgan fingerprint density at radius 1 is 0.239 bits per heavy atom. The molecule has 67 heavy (non-hydrogen) atoms. The molecule has 6 heteroatoms. The molecule has 0 fully saturated rings. The zero-order valence-electron chi connectivity index (χ0n) is 36.0. The molecule has 13 aromatic rings. The number of hydrogen-bond donors (Lipinski definition) is 0. The van der Waals surface area contributed by atoms with Crippen molar-refractivity contribution in [2.75, 3.05) is 0 Å². The summed E-state index contributed by atoms with van der Waals surface area (Å²) in [4.78, 5) is 25.9. The lowest BCUT2D eigenvalue weighted by atomic mass is 9.98. The molecule has 3 aromatic heterocycles. The second kappa shape index (κ2) is 15.8. The summed E-state index contributed by atoms with van der Waals surface area (Å²) in [6.45, 7) is 0. The van der Waals surface area contributed by atoms with Gasteiger partial charge in [-0.15, -0.1) is 0 Å². The van der Waals surface area contributed by atoms with Gasteiger partial charge in [-0.1, -0.05) is 182 Å². The highest BCUT2D eigenvalue weighted by Gasteiger charge is 2.18. The largest absolute Gasteiger partial charge is 0.456 e. The molecule has 0 saturated heterocycles. The molecular formula is C61H37N5O. The Labute approximate surface area is 385 Å². The average Bonchev–Trinajstić information content (AvgIpc) is 3.76. The van der Waals surface area contributed by atoms with Gasteiger partial charge in [0.1, 0.15) is 11.2 Å². The minimum atomic E-state index is 0.599. The van der Waals surface area contributed by atoms with Crippen molar-refractivity contribution in [3.05, 3.63) is 224 Å². The fraction of sp³-hybridized carbons (Fsp3) is 0. The first-order valence-corrected chi connectivity index (χ1v) is 22.4. The Balaban J connectivity index is 0.916. The highest BCUT2D eigenvalue weighted by molar-refractivity contribution is 6.10. The molecule has 0 unspecified atom stereocenters. The summed E-state index contributed by atoms with van der Waals surface area (Å²) in [5.74, 6) is 2.50. The van der Waals surface area contributed by atoms with E-state index in [1.807, 2.05) is 18.2 Å². The lowest BCUT2D eigenvalue weighted by Gasteiger charge is -2.13. The third kappa shape index (κ3) is 6.96. The summed E-state index contributed by atoms with van der Waals surface area (Å²) in [7, 11) is 0. The van der Waals surface area contributed by atoms with Crippen LogP contribution < -0.4 is 0 Å². The Hall–Kier alpha value is -9.13. The van der Waals surface area contributed by atoms with Gasteiger partial charge in [0.05, 0.1) is 11.4 Å². The van der Waals surface area contributed by atoms with E-state index in [4.69, 9.17) is 29.3 Å². The number of hydrogen-bond acceptors (Lipinski definition) is 6. The molecule has 0 atom stereocenters. The molecule has 0 saturated carbocycles. The van der Waals surface area contributed by atoms with Gasteiger partial charge in [-0.2, -0.15) is 0 Å². The van der Waals surface area contributed by atoms with Crippen LogP contribution in [0.4, 0.5) is 0 Å². The van der Waals surface area contributed by atoms with Crippen LogP contribution in [0.15, 0.2) is 229 Å². The first kappa shape index (κ1) is 38.3. The predicted molar refractivity (Wildman–Crippen MR) is 273 cm³/mol. The Bertz CT molecular complexity index is 3960. The highest BCUT2D eigenvalue weighted by Crippen LogP contribution is 2.38. The van der Waals surface area contributed by atoms with Crippen LogP contribution in [0, 0.1) is 0 Å². The van der Waals surface area contributed by atoms with Crippen LogP contribution in [0.5, 0.6) is 0 Å². The molecule has 0 spiro atoms. The minimum absolute atomic E-state index is 0.599. The second-order valence-electron chi connectivity index (χ2n) is 16.9. The van der Waals surface area contributed by atoms with Gasteiger partial charge in [0.2, 0.25) is 0 Å². The third-order valence-electron chi connectivity index (χ3n) is 12.7. The number of aromatic nitrogens is 5. The maximum atomic E-state index is 6.49. The standard InChI is InChI=1S/C61H37N5O/c1-2-16-40(17-3-1)58-62-54(37-55(63-58)46-30-31-50-53-34-43-18-4-5-19-44(43)35-57(53)67-56(50)36-46)45-24-10-22-41(32-45)42-23-11-25-47(33-42)59-64-60(51-28-12-20-38-14-6-8-26-48(38)51)66-61(65-59)52-29-13-21-39-15-7-9-27-49(39)52/h1-37H. The number of furan rings is 1. The average molecular weight is 856 g/mol. The zero-order valence-corrected chi connectivity index (χ0v) is 36.0. The van der Waals surface area contributed by atoms with Crippen LogP contribution in [-0.4, -0.2) is 24.9 Å². The highest BCUT2D eigenvalue weighted by atomic mass is 16.3. The monoisotopic (exact) mass is 855 g/mol. The van der Waals surface area contributed by atoms with Crippen molar-refractivity contribution in [1.82, 2.24) is 24.9 Å². The number of rotatable bonds is 7. The minimum Gasteiger partial charge on any atom is -0.456 e. The lowest BCUT2D eigenvalue weighted by molar-refractivity contribution is 0.669. The van der Waals surface area contributed by atoms with Gasteiger partial charge >= 0.3 is 0 Å². The fourth-order valence-electron chi connectivity index (χ4n) is 9.36. The van der Waals surface area contributed by atoms with Gasteiger partial charge < -0.3 is 4.42 Å². The van der Waals surface area contributed by atoms with E-state index in [2.05, 4.69) is 206 Å². The Kier molecular flexibility index (Phi) is 9.06. The second-order valence-corrected chi connectivity index (χ2v) is 16.9. The summed E-state index contributed by atoms with van der Waals surface area (Å²) in [6, 6.07) is 77.6. The van der Waals surface area contributed by atoms with Gasteiger partial charge in [0, 0.05) is 44.2 Å². The van der Waals surface area contributed by atoms with Gasteiger partial charge in [-0.3, -0.25) is 0 Å². The first-order chi connectivity index (χ1) is 33.1. The van der Waals surface area contributed by atoms with Gasteiger partial charge in [-0.05, 0) is 85.9 Å². The summed E-state index contributed by atoms with van der Waals surface area (Å²) in [6.07, 6.45) is 0. The normalized spacial score (nSPS) is 11.6. The van der Waals surface area contributed by atoms with Gasteiger partial charge in [0.15, 0.2) is 23.3 Å². The van der Waals surface area contributed by atoms with E-state index in [9.17, 15) is 0 Å². The van der Waals surface area contributed by atoms with Crippen molar-refractivity contribution in [1.29, 1.82) is 0 Å². The fourth-order valence-corrected chi connectivity index (χ4v) is 9.36. The molecular weight excluding hydrogens is 819 g/mol. The summed E-state index contributed by atoms with van der Waals surface area (Å²) < 4.78 is 6.49. The van der Waals surface area contributed by atoms with Crippen LogP contribution in [0.1, 0.15) is 0 Å². The SMILES string of the molecule is c1ccc(-c2nc(-c3cccc(-c4cccc(-c5nc(-c6cccc7ccccc67)nc(-c6cccc7ccccc67)n5)c4)c3)cc(-c3ccc4c(c3)oc3cc5ccccc5cc34)n2)cc1. The van der Waals surface area contributed by atoms with E-state index >= 15 is 0 Å². The van der Waals surface area contributed by atoms with Crippen LogP contribution in [0.3, 0.4) is 0 Å². The van der Waals surface area contributed by atoms with Crippen molar-refractivity contribution < 1.29 is 4.42 Å². The van der Waals surface area contributed by atoms with E-state index < -0.39 is 0 Å². The van der Waals surface area contributed by atoms with Crippen LogP contribution in [0.2, 0.25) is 0 Å². The quantitative estimate of drug-likeness (QED) is 0.159. The van der Waals surface area contributed by atoms with E-state index in [1.165, 1.54) is 5.39 Å². The smallest absolute Gasteiger partial charge is 0.164 e. The molecule has 0 aliphatic heterocycles. The maximum Gasteiger partial charge on any atom is 0.164 e. The van der Waals surface area contributed by atoms with Crippen molar-refractivity contribution in [2.45, 2.75) is 0 Å². The van der Waals surface area contributed by atoms with Crippen molar-refractivity contribution in [3.63, 3.8) is 0 Å². The maximum absolute atomic E-state index is 6.49.